The second-order valence-electron chi connectivity index (χ2n) is 5.52. The van der Waals surface area contributed by atoms with Crippen LogP contribution < -0.4 is 5.32 Å². The van der Waals surface area contributed by atoms with Crippen LogP contribution in [0.1, 0.15) is 17.3 Å². The number of nitrogens with zero attached hydrogens (tertiary/aromatic N) is 2. The van der Waals surface area contributed by atoms with Gasteiger partial charge in [-0.05, 0) is 54.8 Å². The highest BCUT2D eigenvalue weighted by Gasteiger charge is 2.15. The molecule has 0 unspecified atom stereocenters. The van der Waals surface area contributed by atoms with Crippen LogP contribution >= 0.6 is 11.8 Å². The number of carbonyl (C=O) groups excluding carboxylic acids is 1. The van der Waals surface area contributed by atoms with Crippen LogP contribution in [0.2, 0.25) is 0 Å². The molecule has 0 aliphatic carbocycles. The summed E-state index contributed by atoms with van der Waals surface area (Å²) in [6, 6.07) is 13.3. The van der Waals surface area contributed by atoms with Crippen molar-refractivity contribution in [3.05, 3.63) is 54.1 Å². The van der Waals surface area contributed by atoms with Crippen molar-refractivity contribution in [3.8, 4) is 11.5 Å². The number of sulfone groups is 1. The van der Waals surface area contributed by atoms with E-state index in [0.717, 1.165) is 4.90 Å². The highest BCUT2D eigenvalue weighted by atomic mass is 32.2. The van der Waals surface area contributed by atoms with Crippen LogP contribution in [0.4, 0.5) is 6.01 Å². The van der Waals surface area contributed by atoms with Gasteiger partial charge in [-0.1, -0.05) is 12.0 Å². The first-order chi connectivity index (χ1) is 12.9. The SMILES string of the molecule is CCS(=O)(=O)c1ccc(-c2nnc(NC(=O)c3ccc(SC)cc3)o2)cc1. The molecule has 9 heteroatoms. The molecule has 0 aliphatic rings. The third-order valence-corrected chi connectivity index (χ3v) is 6.33. The third-order valence-electron chi connectivity index (χ3n) is 3.84. The van der Waals surface area contributed by atoms with Crippen molar-refractivity contribution in [1.82, 2.24) is 10.2 Å². The first-order valence-electron chi connectivity index (χ1n) is 8.05. The van der Waals surface area contributed by atoms with Gasteiger partial charge in [-0.15, -0.1) is 16.9 Å². The van der Waals surface area contributed by atoms with E-state index in [4.69, 9.17) is 4.42 Å². The minimum absolute atomic E-state index is 0.0288. The molecular weight excluding hydrogens is 386 g/mol. The second-order valence-corrected chi connectivity index (χ2v) is 8.68. The summed E-state index contributed by atoms with van der Waals surface area (Å²) < 4.78 is 29.1. The van der Waals surface area contributed by atoms with E-state index < -0.39 is 9.84 Å². The lowest BCUT2D eigenvalue weighted by atomic mass is 10.2. The smallest absolute Gasteiger partial charge is 0.322 e. The quantitative estimate of drug-likeness (QED) is 0.628. The predicted molar refractivity (Wildman–Crippen MR) is 104 cm³/mol. The number of rotatable bonds is 6. The van der Waals surface area contributed by atoms with Gasteiger partial charge in [0.2, 0.25) is 5.89 Å². The maximum Gasteiger partial charge on any atom is 0.322 e. The molecular formula is C18H17N3O4S2. The van der Waals surface area contributed by atoms with Crippen LogP contribution in [-0.4, -0.2) is 36.5 Å². The van der Waals surface area contributed by atoms with Gasteiger partial charge in [-0.3, -0.25) is 10.1 Å². The molecule has 0 bridgehead atoms. The molecule has 0 spiro atoms. The maximum absolute atomic E-state index is 12.2. The number of benzene rings is 2. The van der Waals surface area contributed by atoms with Crippen LogP contribution in [0.3, 0.4) is 0 Å². The monoisotopic (exact) mass is 403 g/mol. The van der Waals surface area contributed by atoms with Gasteiger partial charge in [-0.2, -0.15) is 0 Å². The number of nitrogens with one attached hydrogen (secondary N) is 1. The van der Waals surface area contributed by atoms with Crippen molar-refractivity contribution in [1.29, 1.82) is 0 Å². The summed E-state index contributed by atoms with van der Waals surface area (Å²) in [5.74, 6) is -0.146. The Bertz CT molecular complexity index is 1040. The molecule has 0 aliphatic heterocycles. The second kappa shape index (κ2) is 7.93. The van der Waals surface area contributed by atoms with Gasteiger partial charge < -0.3 is 4.42 Å². The van der Waals surface area contributed by atoms with Crippen molar-refractivity contribution in [2.45, 2.75) is 16.7 Å². The average Bonchev–Trinajstić information content (AvgIpc) is 3.16. The van der Waals surface area contributed by atoms with Gasteiger partial charge in [0.25, 0.3) is 5.91 Å². The van der Waals surface area contributed by atoms with Crippen molar-refractivity contribution in [2.24, 2.45) is 0 Å². The lowest BCUT2D eigenvalue weighted by Crippen LogP contribution is -2.11. The number of hydrogen-bond donors (Lipinski definition) is 1. The van der Waals surface area contributed by atoms with E-state index in [1.165, 1.54) is 12.1 Å². The fraction of sp³-hybridized carbons (Fsp3) is 0.167. The Kier molecular flexibility index (Phi) is 5.62. The largest absolute Gasteiger partial charge is 0.403 e. The van der Waals surface area contributed by atoms with Crippen LogP contribution in [-0.2, 0) is 9.84 Å². The minimum Gasteiger partial charge on any atom is -0.403 e. The molecule has 7 nitrogen and oxygen atoms in total. The molecule has 2 aromatic carbocycles. The van der Waals surface area contributed by atoms with Crippen LogP contribution in [0.25, 0.3) is 11.5 Å². The van der Waals surface area contributed by atoms with E-state index in [-0.39, 0.29) is 28.5 Å². The minimum atomic E-state index is -3.27. The Labute approximate surface area is 161 Å². The molecule has 1 aromatic heterocycles. The van der Waals surface area contributed by atoms with Gasteiger partial charge >= 0.3 is 6.01 Å². The van der Waals surface area contributed by atoms with Crippen molar-refractivity contribution >= 4 is 33.5 Å². The summed E-state index contributed by atoms with van der Waals surface area (Å²) >= 11 is 1.59. The standard InChI is InChI=1S/C18H17N3O4S2/c1-3-27(23,24)15-10-6-13(7-11-15)17-20-21-18(25-17)19-16(22)12-4-8-14(26-2)9-5-12/h4-11H,3H2,1-2H3,(H,19,21,22). The fourth-order valence-electron chi connectivity index (χ4n) is 2.27. The summed E-state index contributed by atoms with van der Waals surface area (Å²) in [6.45, 7) is 1.59. The molecule has 3 aromatic rings. The van der Waals surface area contributed by atoms with Crippen molar-refractivity contribution < 1.29 is 17.6 Å². The van der Waals surface area contributed by atoms with E-state index in [0.29, 0.717) is 11.1 Å². The van der Waals surface area contributed by atoms with Gasteiger partial charge in [0, 0.05) is 16.0 Å². The number of aromatic nitrogens is 2. The van der Waals surface area contributed by atoms with Gasteiger partial charge in [0.05, 0.1) is 10.6 Å². The highest BCUT2D eigenvalue weighted by Crippen LogP contribution is 2.22. The number of anilines is 1. The van der Waals surface area contributed by atoms with Crippen molar-refractivity contribution in [3.63, 3.8) is 0 Å². The molecule has 0 radical (unpaired) electrons. The number of amides is 1. The van der Waals surface area contributed by atoms with E-state index in [9.17, 15) is 13.2 Å². The van der Waals surface area contributed by atoms with E-state index in [1.54, 1.807) is 43.0 Å². The molecule has 0 fully saturated rings. The summed E-state index contributed by atoms with van der Waals surface area (Å²) in [4.78, 5) is 13.5. The highest BCUT2D eigenvalue weighted by molar-refractivity contribution is 7.98. The summed E-state index contributed by atoms with van der Waals surface area (Å²) in [5, 5.41) is 10.2. The Balaban J connectivity index is 1.73. The zero-order chi connectivity index (χ0) is 19.4. The molecule has 1 heterocycles. The Morgan fingerprint density at radius 2 is 1.74 bits per heavy atom. The zero-order valence-electron chi connectivity index (χ0n) is 14.7. The first-order valence-corrected chi connectivity index (χ1v) is 10.9. The van der Waals surface area contributed by atoms with Crippen LogP contribution in [0.15, 0.2) is 62.7 Å². The lowest BCUT2D eigenvalue weighted by molar-refractivity contribution is 0.102. The normalized spacial score (nSPS) is 11.3. The number of hydrogen-bond acceptors (Lipinski definition) is 7. The summed E-state index contributed by atoms with van der Waals surface area (Å²) in [6.07, 6.45) is 1.96. The van der Waals surface area contributed by atoms with Gasteiger partial charge in [0.1, 0.15) is 0 Å². The van der Waals surface area contributed by atoms with E-state index in [1.807, 2.05) is 18.4 Å². The van der Waals surface area contributed by atoms with Gasteiger partial charge in [0.15, 0.2) is 9.84 Å². The Hall–Kier alpha value is -2.65. The third kappa shape index (κ3) is 4.37. The first kappa shape index (κ1) is 19.1. The topological polar surface area (TPSA) is 102 Å². The molecule has 0 atom stereocenters. The molecule has 27 heavy (non-hydrogen) atoms. The lowest BCUT2D eigenvalue weighted by Gasteiger charge is -2.02. The van der Waals surface area contributed by atoms with Crippen LogP contribution in [0, 0.1) is 0 Å². The van der Waals surface area contributed by atoms with E-state index in [2.05, 4.69) is 15.5 Å². The van der Waals surface area contributed by atoms with Crippen molar-refractivity contribution in [2.75, 3.05) is 17.3 Å². The molecule has 140 valence electrons. The molecule has 0 saturated carbocycles. The Morgan fingerprint density at radius 1 is 1.07 bits per heavy atom. The zero-order valence-corrected chi connectivity index (χ0v) is 16.3. The maximum atomic E-state index is 12.2. The molecule has 1 amide bonds. The number of carbonyl (C=O) groups is 1. The van der Waals surface area contributed by atoms with Gasteiger partial charge in [-0.25, -0.2) is 8.42 Å². The molecule has 0 saturated heterocycles. The van der Waals surface area contributed by atoms with E-state index >= 15 is 0 Å². The average molecular weight is 403 g/mol. The molecule has 3 rings (SSSR count). The fourth-order valence-corrected chi connectivity index (χ4v) is 3.57. The molecule has 1 N–H and O–H groups in total. The Morgan fingerprint density at radius 3 is 2.33 bits per heavy atom. The summed E-state index contributed by atoms with van der Waals surface area (Å²) in [5.41, 5.74) is 1.03. The predicted octanol–water partition coefficient (Wildman–Crippen LogP) is 3.50. The summed E-state index contributed by atoms with van der Waals surface area (Å²) in [7, 11) is -3.27. The number of thioether (sulfide) groups is 1. The van der Waals surface area contributed by atoms with Crippen LogP contribution in [0.5, 0.6) is 0 Å².